The number of carboxylic acid groups (broad SMARTS) is 3. The van der Waals surface area contributed by atoms with Gasteiger partial charge in [0.15, 0.2) is 0 Å². The second-order valence-corrected chi connectivity index (χ2v) is 5.52. The predicted molar refractivity (Wildman–Crippen MR) is 90.3 cm³/mol. The van der Waals surface area contributed by atoms with E-state index in [2.05, 4.69) is 12.2 Å². The number of hydrogen-bond acceptors (Lipinski definition) is 7. The zero-order chi connectivity index (χ0) is 20.1. The molecule has 11 heteroatoms. The van der Waals surface area contributed by atoms with Crippen LogP contribution >= 0.6 is 0 Å². The lowest BCUT2D eigenvalue weighted by atomic mass is 10.4. The number of carbonyl (C=O) groups excluding carboxylic acids is 1. The summed E-state index contributed by atoms with van der Waals surface area (Å²) in [6.07, 6.45) is 4.45. The molecule has 146 valence electrons. The standard InChI is InChI=1S/C12H21N3O6.C3H3NO/c16-10(17)7-13-1-2-14(8-11(18)19)5-6-15(4-3-13)9-12(20)21;1-2-3(4)5/h1-9H2,(H,16,17)(H,18,19)(H,20,21);1H,(H2,4,5). The Morgan fingerprint density at radius 1 is 0.731 bits per heavy atom. The zero-order valence-corrected chi connectivity index (χ0v) is 14.3. The maximum Gasteiger partial charge on any atom is 0.317 e. The minimum Gasteiger partial charge on any atom is -0.480 e. The van der Waals surface area contributed by atoms with Crippen LogP contribution in [-0.2, 0) is 19.2 Å². The minimum absolute atomic E-state index is 0.137. The van der Waals surface area contributed by atoms with Crippen molar-refractivity contribution in [3.8, 4) is 12.3 Å². The molecule has 0 radical (unpaired) electrons. The highest BCUT2D eigenvalue weighted by Crippen LogP contribution is 2.00. The lowest BCUT2D eigenvalue weighted by molar-refractivity contribution is -0.140. The number of primary amides is 1. The van der Waals surface area contributed by atoms with Crippen molar-refractivity contribution < 1.29 is 34.5 Å². The van der Waals surface area contributed by atoms with Gasteiger partial charge in [-0.3, -0.25) is 33.9 Å². The molecule has 0 bridgehead atoms. The molecule has 11 nitrogen and oxygen atoms in total. The summed E-state index contributed by atoms with van der Waals surface area (Å²) in [7, 11) is 0. The maximum absolute atomic E-state index is 10.8. The number of carboxylic acids is 3. The molecule has 0 aromatic carbocycles. The molecule has 0 saturated carbocycles. The van der Waals surface area contributed by atoms with E-state index in [1.165, 1.54) is 0 Å². The van der Waals surface area contributed by atoms with Gasteiger partial charge >= 0.3 is 17.9 Å². The molecular weight excluding hydrogens is 348 g/mol. The number of rotatable bonds is 6. The summed E-state index contributed by atoms with van der Waals surface area (Å²) < 4.78 is 0. The Bertz CT molecular complexity index is 478. The lowest BCUT2D eigenvalue weighted by Crippen LogP contribution is -2.40. The van der Waals surface area contributed by atoms with Gasteiger partial charge in [0, 0.05) is 39.3 Å². The third-order valence-corrected chi connectivity index (χ3v) is 3.42. The molecule has 0 atom stereocenters. The van der Waals surface area contributed by atoms with Gasteiger partial charge in [-0.2, -0.15) is 0 Å². The van der Waals surface area contributed by atoms with Gasteiger partial charge < -0.3 is 21.1 Å². The average molecular weight is 372 g/mol. The second-order valence-electron chi connectivity index (χ2n) is 5.52. The molecule has 0 aromatic rings. The van der Waals surface area contributed by atoms with Crippen LogP contribution in [0.4, 0.5) is 0 Å². The number of amides is 1. The fourth-order valence-corrected chi connectivity index (χ4v) is 2.23. The monoisotopic (exact) mass is 372 g/mol. The average Bonchev–Trinajstić information content (AvgIpc) is 2.60. The van der Waals surface area contributed by atoms with E-state index in [9.17, 15) is 19.2 Å². The van der Waals surface area contributed by atoms with Crippen LogP contribution in [0.2, 0.25) is 0 Å². The molecule has 1 aliphatic heterocycles. The summed E-state index contributed by atoms with van der Waals surface area (Å²) in [6.45, 7) is 2.26. The lowest BCUT2D eigenvalue weighted by Gasteiger charge is -2.23. The molecular formula is C15H24N4O7. The second kappa shape index (κ2) is 12.6. The Kier molecular flexibility index (Phi) is 11.3. The van der Waals surface area contributed by atoms with E-state index < -0.39 is 23.8 Å². The topological polar surface area (TPSA) is 165 Å². The van der Waals surface area contributed by atoms with Gasteiger partial charge in [-0.05, 0) is 5.92 Å². The van der Waals surface area contributed by atoms with Gasteiger partial charge in [0.1, 0.15) is 0 Å². The van der Waals surface area contributed by atoms with Crippen LogP contribution in [0.3, 0.4) is 0 Å². The van der Waals surface area contributed by atoms with Crippen LogP contribution in [0.5, 0.6) is 0 Å². The van der Waals surface area contributed by atoms with E-state index >= 15 is 0 Å². The SMILES string of the molecule is C#CC(N)=O.O=C(O)CN1CCN(CC(=O)O)CCN(CC(=O)O)CC1. The normalized spacial score (nSPS) is 16.7. The van der Waals surface area contributed by atoms with Crippen molar-refractivity contribution in [2.24, 2.45) is 5.73 Å². The van der Waals surface area contributed by atoms with Crippen LogP contribution in [0.1, 0.15) is 0 Å². The summed E-state index contributed by atoms with van der Waals surface area (Å²) in [5, 5.41) is 26.6. The fraction of sp³-hybridized carbons (Fsp3) is 0.600. The molecule has 5 N–H and O–H groups in total. The summed E-state index contributed by atoms with van der Waals surface area (Å²) in [5.41, 5.74) is 4.42. The zero-order valence-electron chi connectivity index (χ0n) is 14.3. The molecule has 1 rings (SSSR count). The molecule has 0 unspecified atom stereocenters. The van der Waals surface area contributed by atoms with Crippen LogP contribution in [-0.4, -0.2) is 113 Å². The highest BCUT2D eigenvalue weighted by Gasteiger charge is 2.20. The van der Waals surface area contributed by atoms with Crippen LogP contribution in [0.15, 0.2) is 0 Å². The third-order valence-electron chi connectivity index (χ3n) is 3.42. The molecule has 1 saturated heterocycles. The Balaban J connectivity index is 0.00000110. The van der Waals surface area contributed by atoms with Gasteiger partial charge in [-0.15, -0.1) is 6.42 Å². The highest BCUT2D eigenvalue weighted by atomic mass is 16.4. The quantitative estimate of drug-likeness (QED) is 0.360. The largest absolute Gasteiger partial charge is 0.480 e. The number of hydrogen-bond donors (Lipinski definition) is 4. The molecule has 1 aliphatic rings. The summed E-state index contributed by atoms with van der Waals surface area (Å²) in [4.78, 5) is 46.9. The fourth-order valence-electron chi connectivity index (χ4n) is 2.23. The molecule has 1 fully saturated rings. The van der Waals surface area contributed by atoms with Crippen LogP contribution in [0, 0.1) is 12.3 Å². The first-order valence-electron chi connectivity index (χ1n) is 7.72. The van der Waals surface area contributed by atoms with E-state index in [-0.39, 0.29) is 19.6 Å². The van der Waals surface area contributed by atoms with Crippen molar-refractivity contribution in [2.75, 3.05) is 58.9 Å². The van der Waals surface area contributed by atoms with Crippen LogP contribution in [0.25, 0.3) is 0 Å². The minimum atomic E-state index is -0.955. The molecule has 0 spiro atoms. The van der Waals surface area contributed by atoms with Gasteiger partial charge in [-0.1, -0.05) is 0 Å². The van der Waals surface area contributed by atoms with Crippen molar-refractivity contribution >= 4 is 23.8 Å². The van der Waals surface area contributed by atoms with E-state index in [0.29, 0.717) is 39.3 Å². The van der Waals surface area contributed by atoms with E-state index in [4.69, 9.17) is 15.3 Å². The van der Waals surface area contributed by atoms with Gasteiger partial charge in [0.05, 0.1) is 19.6 Å². The molecule has 0 aliphatic carbocycles. The third kappa shape index (κ3) is 12.7. The summed E-state index contributed by atoms with van der Waals surface area (Å²) >= 11 is 0. The highest BCUT2D eigenvalue weighted by molar-refractivity contribution is 5.91. The number of nitrogens with two attached hydrogens (primary N) is 1. The first kappa shape index (κ1) is 23.3. The van der Waals surface area contributed by atoms with Crippen molar-refractivity contribution in [1.29, 1.82) is 0 Å². The van der Waals surface area contributed by atoms with Crippen molar-refractivity contribution in [3.05, 3.63) is 0 Å². The van der Waals surface area contributed by atoms with Crippen molar-refractivity contribution in [3.63, 3.8) is 0 Å². The number of terminal acetylenes is 1. The van der Waals surface area contributed by atoms with Gasteiger partial charge in [0.2, 0.25) is 0 Å². The maximum atomic E-state index is 10.8. The van der Waals surface area contributed by atoms with Crippen molar-refractivity contribution in [2.45, 2.75) is 0 Å². The van der Waals surface area contributed by atoms with E-state index in [1.54, 1.807) is 20.6 Å². The van der Waals surface area contributed by atoms with E-state index in [0.717, 1.165) is 0 Å². The van der Waals surface area contributed by atoms with E-state index in [1.807, 2.05) is 0 Å². The summed E-state index contributed by atoms with van der Waals surface area (Å²) in [5.74, 6) is -1.92. The Morgan fingerprint density at radius 2 is 0.923 bits per heavy atom. The number of carbonyl (C=O) groups is 4. The Hall–Kier alpha value is -2.68. The van der Waals surface area contributed by atoms with Gasteiger partial charge in [0.25, 0.3) is 5.91 Å². The molecule has 1 heterocycles. The smallest absolute Gasteiger partial charge is 0.317 e. The molecule has 26 heavy (non-hydrogen) atoms. The Labute approximate surface area is 150 Å². The number of nitrogens with zero attached hydrogens (tertiary/aromatic N) is 3. The predicted octanol–water partition coefficient (Wildman–Crippen LogP) is -2.74. The first-order chi connectivity index (χ1) is 12.1. The number of aliphatic carboxylic acids is 3. The van der Waals surface area contributed by atoms with Crippen molar-refractivity contribution in [1.82, 2.24) is 14.7 Å². The Morgan fingerprint density at radius 3 is 1.04 bits per heavy atom. The van der Waals surface area contributed by atoms with Gasteiger partial charge in [-0.25, -0.2) is 0 Å². The summed E-state index contributed by atoms with van der Waals surface area (Å²) in [6, 6.07) is 0. The molecule has 1 amide bonds. The van der Waals surface area contributed by atoms with Crippen LogP contribution < -0.4 is 5.73 Å². The first-order valence-corrected chi connectivity index (χ1v) is 7.72. The molecule has 0 aromatic heterocycles.